The second-order valence-corrected chi connectivity index (χ2v) is 5.48. The van der Waals surface area contributed by atoms with E-state index in [9.17, 15) is 4.79 Å². The summed E-state index contributed by atoms with van der Waals surface area (Å²) >= 11 is 3.49. The Balaban J connectivity index is 2.53. The van der Waals surface area contributed by atoms with E-state index in [4.69, 9.17) is 5.26 Å². The molecule has 66 valence electrons. The van der Waals surface area contributed by atoms with E-state index in [2.05, 4.69) is 6.07 Å². The van der Waals surface area contributed by atoms with Gasteiger partial charge in [0.25, 0.3) is 0 Å². The van der Waals surface area contributed by atoms with Gasteiger partial charge in [0, 0.05) is 0 Å². The van der Waals surface area contributed by atoms with Crippen molar-refractivity contribution in [2.45, 2.75) is 17.9 Å². The van der Waals surface area contributed by atoms with Crippen LogP contribution in [-0.2, 0) is 4.79 Å². The smallest absolute Gasteiger partial charge is 0.148 e. The summed E-state index contributed by atoms with van der Waals surface area (Å²) < 4.78 is 0.182. The van der Waals surface area contributed by atoms with Crippen molar-refractivity contribution in [2.24, 2.45) is 5.92 Å². The molecule has 0 aromatic carbocycles. The SMILES string of the molecule is CC(=O)C(C#N)C1SCCCS1. The van der Waals surface area contributed by atoms with Crippen molar-refractivity contribution in [3.8, 4) is 6.07 Å². The van der Waals surface area contributed by atoms with Gasteiger partial charge in [0.05, 0.1) is 10.7 Å². The lowest BCUT2D eigenvalue weighted by Crippen LogP contribution is -2.22. The summed E-state index contributed by atoms with van der Waals surface area (Å²) in [6, 6.07) is 2.08. The molecule has 1 atom stereocenters. The third-order valence-corrected chi connectivity index (χ3v) is 4.77. The standard InChI is InChI=1S/C8H11NOS2/c1-6(10)7(5-9)8-11-3-2-4-12-8/h7-8H,2-4H2,1H3. The van der Waals surface area contributed by atoms with Crippen molar-refractivity contribution in [3.05, 3.63) is 0 Å². The van der Waals surface area contributed by atoms with E-state index in [-0.39, 0.29) is 10.4 Å². The first-order valence-corrected chi connectivity index (χ1v) is 5.98. The van der Waals surface area contributed by atoms with Crippen LogP contribution in [0, 0.1) is 17.2 Å². The van der Waals surface area contributed by atoms with E-state index >= 15 is 0 Å². The van der Waals surface area contributed by atoms with Crippen LogP contribution in [0.5, 0.6) is 0 Å². The first kappa shape index (κ1) is 9.94. The van der Waals surface area contributed by atoms with Gasteiger partial charge in [0.15, 0.2) is 0 Å². The van der Waals surface area contributed by atoms with Crippen molar-refractivity contribution in [1.82, 2.24) is 0 Å². The highest BCUT2D eigenvalue weighted by atomic mass is 32.2. The molecule has 1 aliphatic rings. The minimum atomic E-state index is -0.403. The van der Waals surface area contributed by atoms with Crippen molar-refractivity contribution >= 4 is 29.3 Å². The van der Waals surface area contributed by atoms with Crippen molar-refractivity contribution in [2.75, 3.05) is 11.5 Å². The van der Waals surface area contributed by atoms with Crippen LogP contribution in [0.2, 0.25) is 0 Å². The summed E-state index contributed by atoms with van der Waals surface area (Å²) in [7, 11) is 0. The molecule has 0 aromatic heterocycles. The minimum Gasteiger partial charge on any atom is -0.298 e. The zero-order valence-corrected chi connectivity index (χ0v) is 8.58. The number of carbonyl (C=O) groups excluding carboxylic acids is 1. The molecule has 12 heavy (non-hydrogen) atoms. The molecule has 0 radical (unpaired) electrons. The van der Waals surface area contributed by atoms with E-state index < -0.39 is 5.92 Å². The molecule has 0 aromatic rings. The van der Waals surface area contributed by atoms with E-state index in [1.807, 2.05) is 0 Å². The predicted octanol–water partition coefficient (Wildman–Crippen LogP) is 1.91. The predicted molar refractivity (Wildman–Crippen MR) is 53.1 cm³/mol. The Hall–Kier alpha value is -0.140. The Bertz CT molecular complexity index is 206. The van der Waals surface area contributed by atoms with Crippen LogP contribution < -0.4 is 0 Å². The fraction of sp³-hybridized carbons (Fsp3) is 0.750. The van der Waals surface area contributed by atoms with Gasteiger partial charge in [-0.1, -0.05) is 0 Å². The molecule has 1 fully saturated rings. The molecule has 1 heterocycles. The quantitative estimate of drug-likeness (QED) is 0.684. The Labute approximate surface area is 81.1 Å². The highest BCUT2D eigenvalue weighted by Gasteiger charge is 2.27. The van der Waals surface area contributed by atoms with Gasteiger partial charge < -0.3 is 0 Å². The molecule has 0 N–H and O–H groups in total. The van der Waals surface area contributed by atoms with Gasteiger partial charge >= 0.3 is 0 Å². The summed E-state index contributed by atoms with van der Waals surface area (Å²) in [5, 5.41) is 8.75. The molecule has 0 amide bonds. The van der Waals surface area contributed by atoms with Crippen LogP contribution in [0.15, 0.2) is 0 Å². The monoisotopic (exact) mass is 201 g/mol. The van der Waals surface area contributed by atoms with Gasteiger partial charge in [0.1, 0.15) is 11.7 Å². The van der Waals surface area contributed by atoms with Crippen LogP contribution in [0.4, 0.5) is 0 Å². The summed E-state index contributed by atoms with van der Waals surface area (Å²) in [4.78, 5) is 11.0. The van der Waals surface area contributed by atoms with Crippen LogP contribution >= 0.6 is 23.5 Å². The number of thioether (sulfide) groups is 2. The fourth-order valence-electron chi connectivity index (χ4n) is 1.04. The zero-order chi connectivity index (χ0) is 8.97. The molecule has 1 saturated heterocycles. The average molecular weight is 201 g/mol. The van der Waals surface area contributed by atoms with Crippen molar-refractivity contribution in [3.63, 3.8) is 0 Å². The van der Waals surface area contributed by atoms with Gasteiger partial charge in [-0.25, -0.2) is 0 Å². The lowest BCUT2D eigenvalue weighted by molar-refractivity contribution is -0.118. The third-order valence-electron chi connectivity index (χ3n) is 1.70. The molecular formula is C8H11NOS2. The van der Waals surface area contributed by atoms with Gasteiger partial charge in [-0.3, -0.25) is 4.79 Å². The molecule has 0 saturated carbocycles. The zero-order valence-electron chi connectivity index (χ0n) is 6.95. The molecule has 0 spiro atoms. The molecule has 4 heteroatoms. The third kappa shape index (κ3) is 2.43. The number of hydrogen-bond donors (Lipinski definition) is 0. The molecular weight excluding hydrogens is 190 g/mol. The lowest BCUT2D eigenvalue weighted by Gasteiger charge is -2.22. The first-order valence-electron chi connectivity index (χ1n) is 3.89. The second kappa shape index (κ2) is 4.78. The number of rotatable bonds is 2. The van der Waals surface area contributed by atoms with E-state index in [0.717, 1.165) is 11.5 Å². The molecule has 2 nitrogen and oxygen atoms in total. The average Bonchev–Trinajstić information content (AvgIpc) is 2.07. The van der Waals surface area contributed by atoms with Gasteiger partial charge in [-0.2, -0.15) is 5.26 Å². The number of hydrogen-bond acceptors (Lipinski definition) is 4. The summed E-state index contributed by atoms with van der Waals surface area (Å²) in [6.07, 6.45) is 1.20. The lowest BCUT2D eigenvalue weighted by atomic mass is 10.1. The summed E-state index contributed by atoms with van der Waals surface area (Å²) in [5.74, 6) is 1.77. The van der Waals surface area contributed by atoms with Crippen molar-refractivity contribution in [1.29, 1.82) is 5.26 Å². The van der Waals surface area contributed by atoms with Gasteiger partial charge in [-0.05, 0) is 24.9 Å². The fourth-order valence-corrected chi connectivity index (χ4v) is 4.16. The second-order valence-electron chi connectivity index (χ2n) is 2.68. The summed E-state index contributed by atoms with van der Waals surface area (Å²) in [6.45, 7) is 1.50. The Kier molecular flexibility index (Phi) is 3.96. The number of Topliss-reactive ketones (excluding diaryl/α,β-unsaturated/α-hetero) is 1. The summed E-state index contributed by atoms with van der Waals surface area (Å²) in [5.41, 5.74) is 0. The molecule has 0 aliphatic carbocycles. The maximum absolute atomic E-state index is 11.0. The maximum Gasteiger partial charge on any atom is 0.148 e. The molecule has 1 aliphatic heterocycles. The van der Waals surface area contributed by atoms with E-state index in [0.29, 0.717) is 0 Å². The van der Waals surface area contributed by atoms with Crippen molar-refractivity contribution < 1.29 is 4.79 Å². The van der Waals surface area contributed by atoms with Gasteiger partial charge in [0.2, 0.25) is 0 Å². The van der Waals surface area contributed by atoms with Crippen LogP contribution in [0.25, 0.3) is 0 Å². The number of nitrogens with zero attached hydrogens (tertiary/aromatic N) is 1. The largest absolute Gasteiger partial charge is 0.298 e. The number of nitriles is 1. The molecule has 1 rings (SSSR count). The van der Waals surface area contributed by atoms with E-state index in [1.54, 1.807) is 23.5 Å². The van der Waals surface area contributed by atoms with E-state index in [1.165, 1.54) is 13.3 Å². The number of ketones is 1. The number of carbonyl (C=O) groups is 1. The highest BCUT2D eigenvalue weighted by molar-refractivity contribution is 8.17. The highest BCUT2D eigenvalue weighted by Crippen LogP contribution is 2.35. The van der Waals surface area contributed by atoms with Gasteiger partial charge in [-0.15, -0.1) is 23.5 Å². The molecule has 0 bridgehead atoms. The van der Waals surface area contributed by atoms with Crippen LogP contribution in [-0.4, -0.2) is 21.9 Å². The van der Waals surface area contributed by atoms with Crippen LogP contribution in [0.1, 0.15) is 13.3 Å². The van der Waals surface area contributed by atoms with Crippen LogP contribution in [0.3, 0.4) is 0 Å². The first-order chi connectivity index (χ1) is 5.75. The maximum atomic E-state index is 11.0. The normalized spacial score (nSPS) is 21.3. The Morgan fingerprint density at radius 2 is 2.17 bits per heavy atom. The molecule has 1 unspecified atom stereocenters. The minimum absolute atomic E-state index is 0.00407. The topological polar surface area (TPSA) is 40.9 Å². The Morgan fingerprint density at radius 1 is 1.58 bits per heavy atom. The Morgan fingerprint density at radius 3 is 2.58 bits per heavy atom.